The number of nitrogens with zero attached hydrogens (tertiary/aromatic N) is 1. The summed E-state index contributed by atoms with van der Waals surface area (Å²) in [5, 5.41) is 14.5. The summed E-state index contributed by atoms with van der Waals surface area (Å²) in [6.45, 7) is 0. The third-order valence-electron chi connectivity index (χ3n) is 3.68. The van der Waals surface area contributed by atoms with Crippen molar-refractivity contribution in [1.29, 1.82) is 5.26 Å². The lowest BCUT2D eigenvalue weighted by molar-refractivity contribution is -0.136. The molecular weight excluding hydrogens is 377 g/mol. The molecule has 136 valence electrons. The summed E-state index contributed by atoms with van der Waals surface area (Å²) >= 11 is 5.16. The summed E-state index contributed by atoms with van der Waals surface area (Å²) in [7, 11) is 0. The number of alkyl halides is 3. The number of halogens is 3. The summed E-state index contributed by atoms with van der Waals surface area (Å²) in [6.07, 6.45) is -4.66. The van der Waals surface area contributed by atoms with Crippen molar-refractivity contribution in [1.82, 2.24) is 4.98 Å². The number of H-pyrrole nitrogens is 1. The van der Waals surface area contributed by atoms with Crippen LogP contribution in [-0.4, -0.2) is 10.1 Å². The zero-order valence-electron chi connectivity index (χ0n) is 13.5. The Hall–Kier alpha value is -3.38. The van der Waals surface area contributed by atoms with Gasteiger partial charge in [-0.25, -0.2) is 0 Å². The van der Waals surface area contributed by atoms with E-state index in [1.54, 1.807) is 24.3 Å². The van der Waals surface area contributed by atoms with Crippen LogP contribution < -0.4 is 16.2 Å². The highest BCUT2D eigenvalue weighted by molar-refractivity contribution is 7.80. The third kappa shape index (κ3) is 4.24. The van der Waals surface area contributed by atoms with Crippen LogP contribution in [0.4, 0.5) is 24.5 Å². The van der Waals surface area contributed by atoms with E-state index in [2.05, 4.69) is 15.6 Å². The lowest BCUT2D eigenvalue weighted by Gasteiger charge is -2.13. The number of benzene rings is 2. The van der Waals surface area contributed by atoms with Gasteiger partial charge in [-0.1, -0.05) is 0 Å². The van der Waals surface area contributed by atoms with E-state index in [-0.39, 0.29) is 16.0 Å². The molecule has 5 nitrogen and oxygen atoms in total. The average molecular weight is 388 g/mol. The largest absolute Gasteiger partial charge is 0.417 e. The van der Waals surface area contributed by atoms with E-state index in [0.717, 1.165) is 0 Å². The Morgan fingerprint density at radius 2 is 1.67 bits per heavy atom. The predicted molar refractivity (Wildman–Crippen MR) is 101 cm³/mol. The SMILES string of the molecule is N#Cc1ccc(NC(=S)Nc2ccc3[nH]c(=O)cc(C(F)(F)F)c3c2)cc1. The van der Waals surface area contributed by atoms with Crippen LogP contribution in [0.3, 0.4) is 0 Å². The van der Waals surface area contributed by atoms with E-state index in [4.69, 9.17) is 17.5 Å². The quantitative estimate of drug-likeness (QED) is 0.573. The first-order valence-electron chi connectivity index (χ1n) is 7.59. The van der Waals surface area contributed by atoms with Gasteiger partial charge in [0.25, 0.3) is 0 Å². The first-order valence-corrected chi connectivity index (χ1v) is 7.99. The zero-order valence-corrected chi connectivity index (χ0v) is 14.3. The van der Waals surface area contributed by atoms with Crippen LogP contribution in [0.5, 0.6) is 0 Å². The van der Waals surface area contributed by atoms with Crippen LogP contribution in [0.1, 0.15) is 11.1 Å². The van der Waals surface area contributed by atoms with Gasteiger partial charge in [0.2, 0.25) is 5.56 Å². The normalized spacial score (nSPS) is 11.0. The second-order valence-electron chi connectivity index (χ2n) is 5.57. The van der Waals surface area contributed by atoms with E-state index in [1.165, 1.54) is 18.2 Å². The van der Waals surface area contributed by atoms with Crippen LogP contribution >= 0.6 is 12.2 Å². The Morgan fingerprint density at radius 3 is 2.30 bits per heavy atom. The molecule has 0 aliphatic rings. The second-order valence-corrected chi connectivity index (χ2v) is 5.98. The van der Waals surface area contributed by atoms with E-state index >= 15 is 0 Å². The van der Waals surface area contributed by atoms with Gasteiger partial charge in [-0.2, -0.15) is 18.4 Å². The standard InChI is InChI=1S/C18H11F3N4OS/c19-18(20,21)14-8-16(26)25-15-6-5-12(7-13(14)15)24-17(27)23-11-3-1-10(9-22)2-4-11/h1-8H,(H,25,26)(H2,23,24,27). The van der Waals surface area contributed by atoms with Gasteiger partial charge in [0.1, 0.15) is 0 Å². The second kappa shape index (κ2) is 7.09. The molecule has 0 saturated carbocycles. The Bertz CT molecular complexity index is 1110. The van der Waals surface area contributed by atoms with Crippen molar-refractivity contribution in [2.45, 2.75) is 6.18 Å². The number of anilines is 2. The van der Waals surface area contributed by atoms with Crippen molar-refractivity contribution in [2.75, 3.05) is 10.6 Å². The maximum atomic E-state index is 13.2. The summed E-state index contributed by atoms with van der Waals surface area (Å²) in [6, 6.07) is 13.2. The van der Waals surface area contributed by atoms with Crippen molar-refractivity contribution >= 4 is 39.6 Å². The minimum absolute atomic E-state index is 0.0753. The van der Waals surface area contributed by atoms with E-state index in [1.807, 2.05) is 6.07 Å². The van der Waals surface area contributed by atoms with Crippen molar-refractivity contribution in [3.8, 4) is 6.07 Å². The van der Waals surface area contributed by atoms with Gasteiger partial charge in [0.15, 0.2) is 5.11 Å². The Kier molecular flexibility index (Phi) is 4.83. The summed E-state index contributed by atoms with van der Waals surface area (Å²) in [5.74, 6) is 0. The molecule has 1 heterocycles. The van der Waals surface area contributed by atoms with E-state index in [0.29, 0.717) is 23.0 Å². The first-order chi connectivity index (χ1) is 12.8. The summed E-state index contributed by atoms with van der Waals surface area (Å²) < 4.78 is 39.6. The Balaban J connectivity index is 1.86. The van der Waals surface area contributed by atoms with Crippen molar-refractivity contribution < 1.29 is 13.2 Å². The number of fused-ring (bicyclic) bond motifs is 1. The number of thiocarbonyl (C=S) groups is 1. The van der Waals surface area contributed by atoms with Gasteiger partial charge in [-0.05, 0) is 54.7 Å². The van der Waals surface area contributed by atoms with Crippen LogP contribution in [0.15, 0.2) is 53.3 Å². The lowest BCUT2D eigenvalue weighted by atomic mass is 10.1. The number of aromatic amines is 1. The molecule has 0 radical (unpaired) electrons. The molecule has 3 rings (SSSR count). The Morgan fingerprint density at radius 1 is 1.04 bits per heavy atom. The Labute approximate surface area is 156 Å². The highest BCUT2D eigenvalue weighted by Gasteiger charge is 2.33. The predicted octanol–water partition coefficient (Wildman–Crippen LogP) is 4.23. The highest BCUT2D eigenvalue weighted by Crippen LogP contribution is 2.34. The number of aromatic nitrogens is 1. The van der Waals surface area contributed by atoms with Crippen molar-refractivity contribution in [2.24, 2.45) is 0 Å². The molecule has 9 heteroatoms. The van der Waals surface area contributed by atoms with Gasteiger partial charge < -0.3 is 15.6 Å². The molecule has 2 aromatic carbocycles. The number of hydrogen-bond donors (Lipinski definition) is 3. The van der Waals surface area contributed by atoms with Crippen LogP contribution in [0, 0.1) is 11.3 Å². The summed E-state index contributed by atoms with van der Waals surface area (Å²) in [5.41, 5.74) is -0.336. The molecule has 0 unspecified atom stereocenters. The van der Waals surface area contributed by atoms with Crippen molar-refractivity contribution in [3.05, 3.63) is 70.0 Å². The molecule has 0 saturated heterocycles. The van der Waals surface area contributed by atoms with Gasteiger partial charge in [0.05, 0.1) is 17.2 Å². The number of pyridine rings is 1. The van der Waals surface area contributed by atoms with Gasteiger partial charge in [-0.15, -0.1) is 0 Å². The van der Waals surface area contributed by atoms with Gasteiger partial charge in [0, 0.05) is 28.3 Å². The molecule has 3 N–H and O–H groups in total. The molecule has 0 amide bonds. The molecule has 3 aromatic rings. The molecule has 0 bridgehead atoms. The topological polar surface area (TPSA) is 80.7 Å². The minimum Gasteiger partial charge on any atom is -0.332 e. The molecule has 0 fully saturated rings. The minimum atomic E-state index is -4.66. The number of rotatable bonds is 2. The lowest BCUT2D eigenvalue weighted by Crippen LogP contribution is -2.19. The smallest absolute Gasteiger partial charge is 0.332 e. The first kappa shape index (κ1) is 18.4. The molecule has 0 spiro atoms. The molecule has 0 atom stereocenters. The van der Waals surface area contributed by atoms with Gasteiger partial charge >= 0.3 is 6.18 Å². The van der Waals surface area contributed by atoms with Crippen LogP contribution in [0.25, 0.3) is 10.9 Å². The molecular formula is C18H11F3N4OS. The summed E-state index contributed by atoms with van der Waals surface area (Å²) in [4.78, 5) is 13.8. The zero-order chi connectivity index (χ0) is 19.6. The molecule has 0 aliphatic heterocycles. The third-order valence-corrected chi connectivity index (χ3v) is 3.88. The maximum absolute atomic E-state index is 13.2. The maximum Gasteiger partial charge on any atom is 0.417 e. The highest BCUT2D eigenvalue weighted by atomic mass is 32.1. The molecule has 0 aliphatic carbocycles. The van der Waals surface area contributed by atoms with E-state index in [9.17, 15) is 18.0 Å². The fourth-order valence-corrected chi connectivity index (χ4v) is 2.72. The average Bonchev–Trinajstić information content (AvgIpc) is 2.61. The van der Waals surface area contributed by atoms with Crippen LogP contribution in [-0.2, 0) is 6.18 Å². The van der Waals surface area contributed by atoms with Crippen molar-refractivity contribution in [3.63, 3.8) is 0 Å². The molecule has 27 heavy (non-hydrogen) atoms. The van der Waals surface area contributed by atoms with E-state index < -0.39 is 17.3 Å². The fraction of sp³-hybridized carbons (Fsp3) is 0.0556. The monoisotopic (exact) mass is 388 g/mol. The van der Waals surface area contributed by atoms with Crippen LogP contribution in [0.2, 0.25) is 0 Å². The number of nitrogens with one attached hydrogen (secondary N) is 3. The number of hydrogen-bond acceptors (Lipinski definition) is 3. The van der Waals surface area contributed by atoms with Gasteiger partial charge in [-0.3, -0.25) is 4.79 Å². The fourth-order valence-electron chi connectivity index (χ4n) is 2.49. The number of nitriles is 1. The molecule has 1 aromatic heterocycles.